The third-order valence-electron chi connectivity index (χ3n) is 5.30. The van der Waals surface area contributed by atoms with Crippen LogP contribution in [-0.4, -0.2) is 55.6 Å². The van der Waals surface area contributed by atoms with E-state index in [0.717, 1.165) is 11.1 Å². The summed E-state index contributed by atoms with van der Waals surface area (Å²) in [5, 5.41) is 11.8. The van der Waals surface area contributed by atoms with Crippen molar-refractivity contribution in [2.24, 2.45) is 5.16 Å². The van der Waals surface area contributed by atoms with Crippen LogP contribution < -0.4 is 16.0 Å². The third kappa shape index (κ3) is 8.33. The Morgan fingerprint density at radius 3 is 2.29 bits per heavy atom. The van der Waals surface area contributed by atoms with Gasteiger partial charge in [-0.3, -0.25) is 9.59 Å². The number of methoxy groups -OCH3 is 1. The highest BCUT2D eigenvalue weighted by Gasteiger charge is 2.27. The molecule has 3 N–H and O–H groups in total. The topological polar surface area (TPSA) is 127 Å². The van der Waals surface area contributed by atoms with Gasteiger partial charge in [0.15, 0.2) is 6.10 Å². The fourth-order valence-corrected chi connectivity index (χ4v) is 3.33. The molecule has 1 unspecified atom stereocenters. The van der Waals surface area contributed by atoms with Crippen molar-refractivity contribution in [3.05, 3.63) is 71.8 Å². The molecular weight excluding hydrogens is 452 g/mol. The molecule has 1 aliphatic rings. The fraction of sp³-hybridized carbons (Fsp3) is 0.360. The summed E-state index contributed by atoms with van der Waals surface area (Å²) in [5.41, 5.74) is 1.70. The van der Waals surface area contributed by atoms with E-state index in [4.69, 9.17) is 14.3 Å². The minimum Gasteiger partial charge on any atom is -0.482 e. The summed E-state index contributed by atoms with van der Waals surface area (Å²) in [7, 11) is 1.50. The molecule has 10 heteroatoms. The number of hydrogen-bond acceptors (Lipinski definition) is 7. The lowest BCUT2D eigenvalue weighted by atomic mass is 10.0. The van der Waals surface area contributed by atoms with E-state index in [-0.39, 0.29) is 31.6 Å². The second-order valence-electron chi connectivity index (χ2n) is 8.04. The summed E-state index contributed by atoms with van der Waals surface area (Å²) in [6, 6.07) is 16.7. The summed E-state index contributed by atoms with van der Waals surface area (Å²) in [6.45, 7) is 1.81. The summed E-state index contributed by atoms with van der Waals surface area (Å²) < 4.78 is 10.2. The Morgan fingerprint density at radius 1 is 1.00 bits per heavy atom. The number of oxime groups is 1. The summed E-state index contributed by atoms with van der Waals surface area (Å²) >= 11 is 0. The number of hydrogen-bond donors (Lipinski definition) is 3. The molecule has 3 amide bonds. The van der Waals surface area contributed by atoms with Crippen molar-refractivity contribution >= 4 is 23.8 Å². The first-order chi connectivity index (χ1) is 16.9. The lowest BCUT2D eigenvalue weighted by Crippen LogP contribution is -2.54. The van der Waals surface area contributed by atoms with Crippen molar-refractivity contribution < 1.29 is 28.7 Å². The lowest BCUT2D eigenvalue weighted by Gasteiger charge is -2.22. The van der Waals surface area contributed by atoms with E-state index in [1.165, 1.54) is 14.0 Å². The molecule has 186 valence electrons. The van der Waals surface area contributed by atoms with Crippen molar-refractivity contribution in [2.75, 3.05) is 13.7 Å². The Bertz CT molecular complexity index is 1020. The standard InChI is InChI=1S/C25H30N4O6/c1-17(27-25(32)34-16-19-11-7-4-8-12-19)23(30)28-21(13-18-9-5-3-6-10-18)24(31)26-15-20-14-22(33-2)29-35-20/h3-12,17,20-21H,13-16H2,1-2H3,(H,26,31)(H,27,32)(H,28,30)/t17-,20?,21-/m0/s1. The van der Waals surface area contributed by atoms with Gasteiger partial charge in [-0.1, -0.05) is 65.8 Å². The number of ether oxygens (including phenoxy) is 2. The number of carbonyl (C=O) groups excluding carboxylic acids is 3. The SMILES string of the molecule is COC1=NOC(CNC(=O)[C@H](Cc2ccccc2)NC(=O)[C@H](C)NC(=O)OCc2ccccc2)C1. The van der Waals surface area contributed by atoms with E-state index >= 15 is 0 Å². The second kappa shape index (κ2) is 13.0. The summed E-state index contributed by atoms with van der Waals surface area (Å²) in [5.74, 6) is -0.437. The molecular formula is C25H30N4O6. The van der Waals surface area contributed by atoms with Crippen molar-refractivity contribution in [1.29, 1.82) is 0 Å². The molecule has 35 heavy (non-hydrogen) atoms. The van der Waals surface area contributed by atoms with E-state index in [1.54, 1.807) is 0 Å². The summed E-state index contributed by atoms with van der Waals surface area (Å²) in [4.78, 5) is 43.0. The molecule has 0 aromatic heterocycles. The van der Waals surface area contributed by atoms with Gasteiger partial charge in [-0.25, -0.2) is 4.79 Å². The normalized spacial score (nSPS) is 16.2. The number of benzene rings is 2. The average Bonchev–Trinajstić information content (AvgIpc) is 3.35. The molecule has 0 fully saturated rings. The molecule has 3 atom stereocenters. The minimum atomic E-state index is -0.917. The number of amides is 3. The molecule has 1 heterocycles. The zero-order chi connectivity index (χ0) is 25.0. The van der Waals surface area contributed by atoms with Crippen LogP contribution in [0.4, 0.5) is 4.79 Å². The van der Waals surface area contributed by atoms with E-state index < -0.39 is 24.1 Å². The molecule has 3 rings (SSSR count). The van der Waals surface area contributed by atoms with Crippen LogP contribution in [0.2, 0.25) is 0 Å². The Labute approximate surface area is 204 Å². The maximum Gasteiger partial charge on any atom is 0.408 e. The first kappa shape index (κ1) is 25.5. The predicted octanol–water partition coefficient (Wildman–Crippen LogP) is 1.89. The zero-order valence-electron chi connectivity index (χ0n) is 19.7. The van der Waals surface area contributed by atoms with Crippen LogP contribution in [-0.2, 0) is 36.9 Å². The van der Waals surface area contributed by atoms with Crippen molar-refractivity contribution in [1.82, 2.24) is 16.0 Å². The molecule has 2 aromatic carbocycles. The first-order valence-corrected chi connectivity index (χ1v) is 11.3. The average molecular weight is 483 g/mol. The van der Waals surface area contributed by atoms with Crippen LogP contribution in [0.5, 0.6) is 0 Å². The Balaban J connectivity index is 1.53. The molecule has 10 nitrogen and oxygen atoms in total. The van der Waals surface area contributed by atoms with Gasteiger partial charge in [0, 0.05) is 6.42 Å². The number of nitrogens with one attached hydrogen (secondary N) is 3. The van der Waals surface area contributed by atoms with Crippen LogP contribution >= 0.6 is 0 Å². The highest BCUT2D eigenvalue weighted by atomic mass is 16.7. The zero-order valence-corrected chi connectivity index (χ0v) is 19.7. The van der Waals surface area contributed by atoms with Gasteiger partial charge in [-0.15, -0.1) is 0 Å². The largest absolute Gasteiger partial charge is 0.482 e. The highest BCUT2D eigenvalue weighted by Crippen LogP contribution is 2.10. The first-order valence-electron chi connectivity index (χ1n) is 11.3. The van der Waals surface area contributed by atoms with Crippen molar-refractivity contribution in [2.45, 2.75) is 44.6 Å². The number of rotatable bonds is 10. The Morgan fingerprint density at radius 2 is 1.66 bits per heavy atom. The van der Waals surface area contributed by atoms with Gasteiger partial charge >= 0.3 is 6.09 Å². The monoisotopic (exact) mass is 482 g/mol. The van der Waals surface area contributed by atoms with E-state index in [2.05, 4.69) is 21.1 Å². The van der Waals surface area contributed by atoms with Crippen molar-refractivity contribution in [3.8, 4) is 0 Å². The molecule has 0 bridgehead atoms. The van der Waals surface area contributed by atoms with Gasteiger partial charge in [0.25, 0.3) is 0 Å². The molecule has 0 radical (unpaired) electrons. The van der Waals surface area contributed by atoms with E-state index in [9.17, 15) is 14.4 Å². The van der Waals surface area contributed by atoms with Gasteiger partial charge in [-0.2, -0.15) is 0 Å². The minimum absolute atomic E-state index is 0.0811. The molecule has 0 spiro atoms. The predicted molar refractivity (Wildman–Crippen MR) is 128 cm³/mol. The molecule has 2 aromatic rings. The van der Waals surface area contributed by atoms with Gasteiger partial charge in [0.1, 0.15) is 18.7 Å². The van der Waals surface area contributed by atoms with Crippen LogP contribution in [0.1, 0.15) is 24.5 Å². The van der Waals surface area contributed by atoms with Crippen molar-refractivity contribution in [3.63, 3.8) is 0 Å². The van der Waals surface area contributed by atoms with Crippen LogP contribution in [0.3, 0.4) is 0 Å². The summed E-state index contributed by atoms with van der Waals surface area (Å²) in [6.07, 6.45) is -0.358. The fourth-order valence-electron chi connectivity index (χ4n) is 3.33. The maximum absolute atomic E-state index is 12.9. The quantitative estimate of drug-likeness (QED) is 0.475. The van der Waals surface area contributed by atoms with Gasteiger partial charge in [0.05, 0.1) is 20.1 Å². The maximum atomic E-state index is 12.9. The van der Waals surface area contributed by atoms with Gasteiger partial charge in [0.2, 0.25) is 17.7 Å². The smallest absolute Gasteiger partial charge is 0.408 e. The molecule has 0 aliphatic carbocycles. The lowest BCUT2D eigenvalue weighted by molar-refractivity contribution is -0.130. The third-order valence-corrected chi connectivity index (χ3v) is 5.30. The molecule has 1 aliphatic heterocycles. The molecule has 0 saturated carbocycles. The second-order valence-corrected chi connectivity index (χ2v) is 8.04. The van der Waals surface area contributed by atoms with Crippen LogP contribution in [0.25, 0.3) is 0 Å². The Hall–Kier alpha value is -4.08. The van der Waals surface area contributed by atoms with Crippen LogP contribution in [0.15, 0.2) is 65.8 Å². The van der Waals surface area contributed by atoms with Gasteiger partial charge < -0.3 is 30.3 Å². The van der Waals surface area contributed by atoms with E-state index in [0.29, 0.717) is 12.3 Å². The Kier molecular flexibility index (Phi) is 9.47. The van der Waals surface area contributed by atoms with E-state index in [1.807, 2.05) is 60.7 Å². The molecule has 0 saturated heterocycles. The number of alkyl carbamates (subject to hydrolysis) is 1. The highest BCUT2D eigenvalue weighted by molar-refractivity contribution is 5.91. The number of nitrogens with zero attached hydrogens (tertiary/aromatic N) is 1. The number of carbonyl (C=O) groups is 3. The van der Waals surface area contributed by atoms with Crippen LogP contribution in [0, 0.1) is 0 Å². The van der Waals surface area contributed by atoms with Gasteiger partial charge in [-0.05, 0) is 18.1 Å².